The lowest BCUT2D eigenvalue weighted by Gasteiger charge is -2.07. The monoisotopic (exact) mass is 178 g/mol. The first-order valence-electron chi connectivity index (χ1n) is 4.16. The summed E-state index contributed by atoms with van der Waals surface area (Å²) in [6.45, 7) is 1.98. The van der Waals surface area contributed by atoms with Crippen molar-refractivity contribution in [2.75, 3.05) is 14.2 Å². The van der Waals surface area contributed by atoms with Gasteiger partial charge in [0.25, 0.3) is 0 Å². The van der Waals surface area contributed by atoms with Crippen molar-refractivity contribution < 1.29 is 9.47 Å². The number of allylic oxidation sites excluding steroid dienone is 1. The smallest absolute Gasteiger partial charge is 0.161 e. The maximum absolute atomic E-state index is 5.16. The summed E-state index contributed by atoms with van der Waals surface area (Å²) in [5.41, 5.74) is 1.11. The maximum atomic E-state index is 5.16. The van der Waals surface area contributed by atoms with E-state index in [2.05, 4.69) is 0 Å². The van der Waals surface area contributed by atoms with Crippen molar-refractivity contribution in [1.29, 1.82) is 0 Å². The predicted octanol–water partition coefficient (Wildman–Crippen LogP) is 2.74. The van der Waals surface area contributed by atoms with Gasteiger partial charge in [-0.15, -0.1) is 0 Å². The summed E-state index contributed by atoms with van der Waals surface area (Å²) >= 11 is 0. The van der Waals surface area contributed by atoms with Gasteiger partial charge in [0, 0.05) is 0 Å². The van der Waals surface area contributed by atoms with Crippen LogP contribution in [0.5, 0.6) is 11.5 Å². The summed E-state index contributed by atoms with van der Waals surface area (Å²) in [5.74, 6) is 1.52. The van der Waals surface area contributed by atoms with Gasteiger partial charge in [0.15, 0.2) is 11.5 Å². The van der Waals surface area contributed by atoms with Crippen molar-refractivity contribution in [3.8, 4) is 11.5 Å². The van der Waals surface area contributed by atoms with Crippen molar-refractivity contribution in [2.24, 2.45) is 0 Å². The minimum absolute atomic E-state index is 0.760. The Bertz CT molecular complexity index is 303. The van der Waals surface area contributed by atoms with E-state index in [1.54, 1.807) is 14.2 Å². The van der Waals surface area contributed by atoms with Crippen LogP contribution in [0, 0.1) is 0 Å². The molecule has 0 fully saturated rings. The molecular formula is C11H14O2. The molecule has 0 aliphatic carbocycles. The number of benzene rings is 1. The van der Waals surface area contributed by atoms with E-state index in [1.165, 1.54) is 0 Å². The van der Waals surface area contributed by atoms with Gasteiger partial charge in [0.05, 0.1) is 14.2 Å². The topological polar surface area (TPSA) is 18.5 Å². The maximum Gasteiger partial charge on any atom is 0.161 e. The van der Waals surface area contributed by atoms with Crippen molar-refractivity contribution >= 4 is 6.08 Å². The van der Waals surface area contributed by atoms with Gasteiger partial charge in [-0.3, -0.25) is 0 Å². The average Bonchev–Trinajstić information content (AvgIpc) is 2.18. The van der Waals surface area contributed by atoms with E-state index < -0.39 is 0 Å². The zero-order valence-electron chi connectivity index (χ0n) is 8.20. The van der Waals surface area contributed by atoms with Gasteiger partial charge < -0.3 is 9.47 Å². The molecule has 1 aromatic carbocycles. The highest BCUT2D eigenvalue weighted by Gasteiger charge is 2.01. The lowest BCUT2D eigenvalue weighted by Crippen LogP contribution is -1.90. The van der Waals surface area contributed by atoms with E-state index in [-0.39, 0.29) is 0 Å². The molecule has 0 amide bonds. The Morgan fingerprint density at radius 3 is 2.31 bits per heavy atom. The fraction of sp³-hybridized carbons (Fsp3) is 0.273. The zero-order valence-corrected chi connectivity index (χ0v) is 8.20. The fourth-order valence-corrected chi connectivity index (χ4v) is 1.15. The second kappa shape index (κ2) is 4.55. The van der Waals surface area contributed by atoms with Gasteiger partial charge in [-0.1, -0.05) is 18.2 Å². The summed E-state index contributed by atoms with van der Waals surface area (Å²) < 4.78 is 10.3. The average molecular weight is 178 g/mol. The summed E-state index contributed by atoms with van der Waals surface area (Å²) in [4.78, 5) is 0. The van der Waals surface area contributed by atoms with Crippen LogP contribution >= 0.6 is 0 Å². The Morgan fingerprint density at radius 1 is 1.08 bits per heavy atom. The van der Waals surface area contributed by atoms with Gasteiger partial charge in [-0.2, -0.15) is 0 Å². The van der Waals surface area contributed by atoms with Crippen LogP contribution in [0.3, 0.4) is 0 Å². The van der Waals surface area contributed by atoms with Crippen LogP contribution in [0.2, 0.25) is 0 Å². The second-order valence-corrected chi connectivity index (χ2v) is 2.61. The van der Waals surface area contributed by atoms with Crippen molar-refractivity contribution in [3.63, 3.8) is 0 Å². The molecule has 0 aromatic heterocycles. The molecule has 2 nitrogen and oxygen atoms in total. The van der Waals surface area contributed by atoms with Gasteiger partial charge >= 0.3 is 0 Å². The third kappa shape index (κ3) is 2.25. The molecule has 0 unspecified atom stereocenters. The number of hydrogen-bond donors (Lipinski definition) is 0. The molecule has 0 saturated heterocycles. The van der Waals surface area contributed by atoms with Crippen LogP contribution in [-0.2, 0) is 0 Å². The SMILES string of the molecule is C/C=C\c1ccc(OC)c(OC)c1. The van der Waals surface area contributed by atoms with E-state index in [9.17, 15) is 0 Å². The van der Waals surface area contributed by atoms with Crippen LogP contribution in [0.1, 0.15) is 12.5 Å². The summed E-state index contributed by atoms with van der Waals surface area (Å²) in [5, 5.41) is 0. The lowest BCUT2D eigenvalue weighted by molar-refractivity contribution is 0.355. The highest BCUT2D eigenvalue weighted by Crippen LogP contribution is 2.27. The van der Waals surface area contributed by atoms with Crippen LogP contribution in [0.15, 0.2) is 24.3 Å². The first-order chi connectivity index (χ1) is 6.31. The summed E-state index contributed by atoms with van der Waals surface area (Å²) in [6, 6.07) is 5.83. The minimum atomic E-state index is 0.760. The van der Waals surface area contributed by atoms with E-state index >= 15 is 0 Å². The Hall–Kier alpha value is -1.44. The number of ether oxygens (including phenoxy) is 2. The van der Waals surface area contributed by atoms with Crippen LogP contribution in [-0.4, -0.2) is 14.2 Å². The third-order valence-corrected chi connectivity index (χ3v) is 1.77. The number of methoxy groups -OCH3 is 2. The van der Waals surface area contributed by atoms with Gasteiger partial charge in [-0.25, -0.2) is 0 Å². The molecule has 13 heavy (non-hydrogen) atoms. The highest BCUT2D eigenvalue weighted by atomic mass is 16.5. The predicted molar refractivity (Wildman–Crippen MR) is 54.3 cm³/mol. The molecule has 0 saturated carbocycles. The number of rotatable bonds is 3. The third-order valence-electron chi connectivity index (χ3n) is 1.77. The molecule has 1 aromatic rings. The highest BCUT2D eigenvalue weighted by molar-refractivity contribution is 5.55. The molecule has 0 aliphatic heterocycles. The standard InChI is InChI=1S/C11H14O2/c1-4-5-9-6-7-10(12-2)11(8-9)13-3/h4-8H,1-3H3/b5-4-. The molecule has 0 heterocycles. The normalized spacial score (nSPS) is 10.4. The van der Waals surface area contributed by atoms with E-state index in [0.29, 0.717) is 0 Å². The van der Waals surface area contributed by atoms with E-state index in [0.717, 1.165) is 17.1 Å². The number of hydrogen-bond acceptors (Lipinski definition) is 2. The fourth-order valence-electron chi connectivity index (χ4n) is 1.15. The molecule has 0 aliphatic rings. The second-order valence-electron chi connectivity index (χ2n) is 2.61. The van der Waals surface area contributed by atoms with Gasteiger partial charge in [0.1, 0.15) is 0 Å². The Labute approximate surface area is 78.8 Å². The van der Waals surface area contributed by atoms with Crippen LogP contribution in [0.4, 0.5) is 0 Å². The first-order valence-corrected chi connectivity index (χ1v) is 4.16. The quantitative estimate of drug-likeness (QED) is 0.708. The van der Waals surface area contributed by atoms with Crippen molar-refractivity contribution in [1.82, 2.24) is 0 Å². The zero-order chi connectivity index (χ0) is 9.68. The Balaban J connectivity index is 3.05. The molecule has 0 atom stereocenters. The largest absolute Gasteiger partial charge is 0.493 e. The van der Waals surface area contributed by atoms with Crippen molar-refractivity contribution in [3.05, 3.63) is 29.8 Å². The summed E-state index contributed by atoms with van der Waals surface area (Å²) in [7, 11) is 3.27. The lowest BCUT2D eigenvalue weighted by atomic mass is 10.2. The van der Waals surface area contributed by atoms with Crippen LogP contribution < -0.4 is 9.47 Å². The van der Waals surface area contributed by atoms with E-state index in [1.807, 2.05) is 37.3 Å². The minimum Gasteiger partial charge on any atom is -0.493 e. The molecule has 0 bridgehead atoms. The molecular weight excluding hydrogens is 164 g/mol. The molecule has 1 rings (SSSR count). The molecule has 0 radical (unpaired) electrons. The molecule has 0 spiro atoms. The molecule has 2 heteroatoms. The van der Waals surface area contributed by atoms with Crippen LogP contribution in [0.25, 0.3) is 6.08 Å². The Morgan fingerprint density at radius 2 is 1.77 bits per heavy atom. The van der Waals surface area contributed by atoms with Gasteiger partial charge in [0.2, 0.25) is 0 Å². The molecule has 0 N–H and O–H groups in total. The summed E-state index contributed by atoms with van der Waals surface area (Å²) in [6.07, 6.45) is 4.00. The van der Waals surface area contributed by atoms with E-state index in [4.69, 9.17) is 9.47 Å². The van der Waals surface area contributed by atoms with Crippen molar-refractivity contribution in [2.45, 2.75) is 6.92 Å². The van der Waals surface area contributed by atoms with Gasteiger partial charge in [-0.05, 0) is 24.6 Å². The first kappa shape index (κ1) is 9.65. The Kier molecular flexibility index (Phi) is 3.38. The molecule has 70 valence electrons.